The second-order valence-electron chi connectivity index (χ2n) is 7.22. The van der Waals surface area contributed by atoms with Crippen LogP contribution < -0.4 is 25.1 Å². The lowest BCUT2D eigenvalue weighted by Gasteiger charge is -2.16. The number of carbonyl (C=O) groups is 1. The van der Waals surface area contributed by atoms with Crippen LogP contribution in [0.25, 0.3) is 10.8 Å². The molecule has 8 nitrogen and oxygen atoms in total. The summed E-state index contributed by atoms with van der Waals surface area (Å²) in [4.78, 5) is 27.1. The smallest absolute Gasteiger partial charge is 0.412 e. The lowest BCUT2D eigenvalue weighted by Crippen LogP contribution is -2.33. The molecule has 0 fully saturated rings. The summed E-state index contributed by atoms with van der Waals surface area (Å²) in [5, 5.41) is 3.60. The van der Waals surface area contributed by atoms with E-state index in [0.29, 0.717) is 47.7 Å². The molecule has 0 unspecified atom stereocenters. The molecule has 0 aliphatic rings. The number of nitrogens with zero attached hydrogens (tertiary/aromatic N) is 2. The molecular weight excluding hydrogens is 362 g/mol. The summed E-state index contributed by atoms with van der Waals surface area (Å²) in [5.41, 5.74) is -0.176. The van der Waals surface area contributed by atoms with Crippen molar-refractivity contribution < 1.29 is 19.0 Å². The largest absolute Gasteiger partial charge is 0.493 e. The van der Waals surface area contributed by atoms with Crippen LogP contribution in [0.15, 0.2) is 23.1 Å². The summed E-state index contributed by atoms with van der Waals surface area (Å²) >= 11 is 0. The van der Waals surface area contributed by atoms with E-state index in [1.165, 1.54) is 14.2 Å². The molecule has 0 aliphatic carbocycles. The standard InChI is InChI=1S/C20H29N3O5/c1-13(2)11-23-12-18(28-20(25)21-7-8-22(3)4)14-9-16(26-5)17(27-6)10-15(14)19(23)24/h9-10,12-13H,7-8,11H2,1-6H3,(H,21,25). The number of nitrogens with one attached hydrogen (secondary N) is 1. The van der Waals surface area contributed by atoms with Gasteiger partial charge in [0.05, 0.1) is 25.8 Å². The third-order valence-corrected chi connectivity index (χ3v) is 4.15. The average molecular weight is 391 g/mol. The number of methoxy groups -OCH3 is 2. The summed E-state index contributed by atoms with van der Waals surface area (Å²) < 4.78 is 17.7. The molecule has 8 heteroatoms. The summed E-state index contributed by atoms with van der Waals surface area (Å²) in [6.07, 6.45) is 0.995. The molecule has 0 spiro atoms. The van der Waals surface area contributed by atoms with Crippen molar-refractivity contribution in [2.75, 3.05) is 41.4 Å². The fraction of sp³-hybridized carbons (Fsp3) is 0.500. The van der Waals surface area contributed by atoms with Gasteiger partial charge < -0.3 is 29.0 Å². The highest BCUT2D eigenvalue weighted by Gasteiger charge is 2.17. The predicted molar refractivity (Wildman–Crippen MR) is 109 cm³/mol. The zero-order chi connectivity index (χ0) is 20.8. The van der Waals surface area contributed by atoms with Crippen LogP contribution in [0.5, 0.6) is 17.2 Å². The van der Waals surface area contributed by atoms with Gasteiger partial charge in [-0.15, -0.1) is 0 Å². The number of likely N-dealkylation sites (N-methyl/N-ethyl adjacent to an activating group) is 1. The predicted octanol–water partition coefficient (Wildman–Crippen LogP) is 2.32. The van der Waals surface area contributed by atoms with Crippen LogP contribution in [0.1, 0.15) is 13.8 Å². The van der Waals surface area contributed by atoms with Gasteiger partial charge in [-0.05, 0) is 32.1 Å². The van der Waals surface area contributed by atoms with Gasteiger partial charge in [-0.3, -0.25) is 4.79 Å². The van der Waals surface area contributed by atoms with E-state index >= 15 is 0 Å². The van der Waals surface area contributed by atoms with E-state index < -0.39 is 6.09 Å². The van der Waals surface area contributed by atoms with Crippen LogP contribution >= 0.6 is 0 Å². The molecule has 0 saturated carbocycles. The molecule has 28 heavy (non-hydrogen) atoms. The normalized spacial score (nSPS) is 11.1. The Bertz CT molecular complexity index is 890. The number of carbonyl (C=O) groups excluding carboxylic acids is 1. The zero-order valence-electron chi connectivity index (χ0n) is 17.4. The Morgan fingerprint density at radius 2 is 1.71 bits per heavy atom. The first kappa shape index (κ1) is 21.6. The molecule has 0 bridgehead atoms. The number of rotatable bonds is 8. The summed E-state index contributed by atoms with van der Waals surface area (Å²) in [7, 11) is 6.86. The first-order valence-electron chi connectivity index (χ1n) is 9.16. The first-order valence-corrected chi connectivity index (χ1v) is 9.16. The minimum atomic E-state index is -0.576. The number of hydrogen-bond acceptors (Lipinski definition) is 6. The maximum Gasteiger partial charge on any atom is 0.412 e. The summed E-state index contributed by atoms with van der Waals surface area (Å²) in [5.74, 6) is 1.43. The molecule has 1 aromatic carbocycles. The Balaban J connectivity index is 2.50. The minimum absolute atomic E-state index is 0.176. The minimum Gasteiger partial charge on any atom is -0.493 e. The maximum absolute atomic E-state index is 12.9. The van der Waals surface area contributed by atoms with Crippen molar-refractivity contribution in [3.63, 3.8) is 0 Å². The van der Waals surface area contributed by atoms with Crippen molar-refractivity contribution in [3.8, 4) is 17.2 Å². The highest BCUT2D eigenvalue weighted by molar-refractivity contribution is 5.92. The summed E-state index contributed by atoms with van der Waals surface area (Å²) in [6, 6.07) is 3.27. The lowest BCUT2D eigenvalue weighted by atomic mass is 10.1. The molecule has 1 N–H and O–H groups in total. The molecule has 154 valence electrons. The maximum atomic E-state index is 12.9. The number of aromatic nitrogens is 1. The Morgan fingerprint density at radius 1 is 1.11 bits per heavy atom. The van der Waals surface area contributed by atoms with Crippen molar-refractivity contribution in [2.45, 2.75) is 20.4 Å². The third kappa shape index (κ3) is 5.16. The second-order valence-corrected chi connectivity index (χ2v) is 7.22. The molecule has 1 aromatic heterocycles. The van der Waals surface area contributed by atoms with Crippen molar-refractivity contribution >= 4 is 16.9 Å². The molecule has 2 aromatic rings. The lowest BCUT2D eigenvalue weighted by molar-refractivity contribution is 0.199. The van der Waals surface area contributed by atoms with Crippen LogP contribution in [-0.2, 0) is 6.54 Å². The van der Waals surface area contributed by atoms with Crippen LogP contribution in [0.3, 0.4) is 0 Å². The quantitative estimate of drug-likeness (QED) is 0.744. The average Bonchev–Trinajstić information content (AvgIpc) is 2.63. The molecular formula is C20H29N3O5. The summed E-state index contributed by atoms with van der Waals surface area (Å²) in [6.45, 7) is 5.67. The van der Waals surface area contributed by atoms with Crippen molar-refractivity contribution in [1.82, 2.24) is 14.8 Å². The van der Waals surface area contributed by atoms with E-state index in [1.54, 1.807) is 22.9 Å². The monoisotopic (exact) mass is 391 g/mol. The SMILES string of the molecule is COc1cc2c(OC(=O)NCCN(C)C)cn(CC(C)C)c(=O)c2cc1OC. The number of fused-ring (bicyclic) bond motifs is 1. The molecule has 0 aliphatic heterocycles. The third-order valence-electron chi connectivity index (χ3n) is 4.15. The van der Waals surface area contributed by atoms with Crippen LogP contribution in [0, 0.1) is 5.92 Å². The van der Waals surface area contributed by atoms with Crippen LogP contribution in [0.4, 0.5) is 4.79 Å². The molecule has 0 saturated heterocycles. The zero-order valence-corrected chi connectivity index (χ0v) is 17.4. The number of benzene rings is 1. The van der Waals surface area contributed by atoms with E-state index in [0.717, 1.165) is 0 Å². The van der Waals surface area contributed by atoms with Gasteiger partial charge in [0.25, 0.3) is 5.56 Å². The van der Waals surface area contributed by atoms with Gasteiger partial charge in [-0.1, -0.05) is 13.8 Å². The Kier molecular flexibility index (Phi) is 7.28. The molecule has 1 heterocycles. The number of ether oxygens (including phenoxy) is 3. The first-order chi connectivity index (χ1) is 13.3. The van der Waals surface area contributed by atoms with Gasteiger partial charge in [0.1, 0.15) is 0 Å². The highest BCUT2D eigenvalue weighted by atomic mass is 16.6. The number of hydrogen-bond donors (Lipinski definition) is 1. The number of pyridine rings is 1. The van der Waals surface area contributed by atoms with Gasteiger partial charge in [-0.2, -0.15) is 0 Å². The van der Waals surface area contributed by atoms with Crippen molar-refractivity contribution in [2.24, 2.45) is 5.92 Å². The Hall–Kier alpha value is -2.74. The number of amides is 1. The van der Waals surface area contributed by atoms with Crippen LogP contribution in [0.2, 0.25) is 0 Å². The highest BCUT2D eigenvalue weighted by Crippen LogP contribution is 2.35. The Labute approximate surface area is 165 Å². The van der Waals surface area contributed by atoms with Crippen molar-refractivity contribution in [3.05, 3.63) is 28.7 Å². The molecule has 0 atom stereocenters. The van der Waals surface area contributed by atoms with Gasteiger partial charge >= 0.3 is 6.09 Å². The second kappa shape index (κ2) is 9.45. The van der Waals surface area contributed by atoms with Crippen LogP contribution in [-0.4, -0.2) is 57.0 Å². The van der Waals surface area contributed by atoms with Gasteiger partial charge in [-0.25, -0.2) is 4.79 Å². The van der Waals surface area contributed by atoms with E-state index in [2.05, 4.69) is 5.32 Å². The Morgan fingerprint density at radius 3 is 2.25 bits per heavy atom. The van der Waals surface area contributed by atoms with Gasteiger partial charge in [0, 0.05) is 25.0 Å². The van der Waals surface area contributed by atoms with E-state index in [1.807, 2.05) is 32.8 Å². The molecule has 1 amide bonds. The fourth-order valence-electron chi connectivity index (χ4n) is 2.81. The van der Waals surface area contributed by atoms with E-state index in [9.17, 15) is 9.59 Å². The fourth-order valence-corrected chi connectivity index (χ4v) is 2.81. The van der Waals surface area contributed by atoms with Gasteiger partial charge in [0.15, 0.2) is 17.2 Å². The molecule has 0 radical (unpaired) electrons. The molecule has 2 rings (SSSR count). The van der Waals surface area contributed by atoms with Gasteiger partial charge in [0.2, 0.25) is 0 Å². The van der Waals surface area contributed by atoms with Crippen molar-refractivity contribution in [1.29, 1.82) is 0 Å². The topological polar surface area (TPSA) is 82.0 Å². The van der Waals surface area contributed by atoms with E-state index in [-0.39, 0.29) is 11.5 Å². The van der Waals surface area contributed by atoms with E-state index in [4.69, 9.17) is 14.2 Å².